The van der Waals surface area contributed by atoms with Crippen LogP contribution in [0.25, 0.3) is 0 Å². The van der Waals surface area contributed by atoms with E-state index in [1.165, 1.54) is 0 Å². The van der Waals surface area contributed by atoms with Gasteiger partial charge in [0.1, 0.15) is 6.61 Å². The average molecular weight is 235 g/mol. The largest absolute Gasteiger partial charge is 0.489 e. The summed E-state index contributed by atoms with van der Waals surface area (Å²) in [7, 11) is 0. The number of carbonyl (C=O) groups excluding carboxylic acids is 1. The van der Waals surface area contributed by atoms with E-state index in [0.717, 1.165) is 18.7 Å². The molecule has 17 heavy (non-hydrogen) atoms. The number of nitrogens with one attached hydrogen (secondary N) is 2. The van der Waals surface area contributed by atoms with E-state index in [9.17, 15) is 4.79 Å². The predicted octanol–water partition coefficient (Wildman–Crippen LogP) is 0.569. The quantitative estimate of drug-likeness (QED) is 0.667. The molecule has 4 N–H and O–H groups in total. The first-order chi connectivity index (χ1) is 8.33. The van der Waals surface area contributed by atoms with Crippen LogP contribution in [-0.4, -0.2) is 32.1 Å². The molecule has 0 saturated heterocycles. The molecule has 1 heterocycles. The van der Waals surface area contributed by atoms with Crippen molar-refractivity contribution in [2.45, 2.75) is 6.42 Å². The minimum Gasteiger partial charge on any atom is -0.489 e. The van der Waals surface area contributed by atoms with E-state index >= 15 is 0 Å². The van der Waals surface area contributed by atoms with Gasteiger partial charge < -0.3 is 21.1 Å². The van der Waals surface area contributed by atoms with Crippen LogP contribution < -0.4 is 21.1 Å². The highest BCUT2D eigenvalue weighted by molar-refractivity contribution is 5.98. The van der Waals surface area contributed by atoms with Crippen LogP contribution in [0.4, 0.5) is 5.69 Å². The Morgan fingerprint density at radius 2 is 2.41 bits per heavy atom. The molecule has 0 unspecified atom stereocenters. The summed E-state index contributed by atoms with van der Waals surface area (Å²) in [6.07, 6.45) is 0.778. The molecule has 0 spiro atoms. The molecule has 0 aromatic heterocycles. The highest BCUT2D eigenvalue weighted by Gasteiger charge is 2.18. The van der Waals surface area contributed by atoms with Crippen LogP contribution in [0.15, 0.2) is 18.2 Å². The highest BCUT2D eigenvalue weighted by atomic mass is 16.5. The molecule has 1 aliphatic rings. The molecule has 1 aromatic carbocycles. The third-order valence-corrected chi connectivity index (χ3v) is 2.59. The Morgan fingerprint density at radius 1 is 1.53 bits per heavy atom. The lowest BCUT2D eigenvalue weighted by Gasteiger charge is -2.21. The lowest BCUT2D eigenvalue weighted by atomic mass is 10.1. The number of benzene rings is 1. The van der Waals surface area contributed by atoms with Gasteiger partial charge in [0.15, 0.2) is 5.75 Å². The minimum atomic E-state index is -0.112. The van der Waals surface area contributed by atoms with Crippen LogP contribution in [0, 0.1) is 0 Å². The Morgan fingerprint density at radius 3 is 3.24 bits per heavy atom. The van der Waals surface area contributed by atoms with Crippen LogP contribution >= 0.6 is 0 Å². The van der Waals surface area contributed by atoms with Crippen molar-refractivity contribution >= 4 is 11.6 Å². The zero-order chi connectivity index (χ0) is 12.1. The van der Waals surface area contributed by atoms with Crippen molar-refractivity contribution in [3.05, 3.63) is 23.8 Å². The minimum absolute atomic E-state index is 0.112. The lowest BCUT2D eigenvalue weighted by molar-refractivity contribution is 0.0949. The van der Waals surface area contributed by atoms with Gasteiger partial charge >= 0.3 is 0 Å². The highest BCUT2D eigenvalue weighted by Crippen LogP contribution is 2.30. The lowest BCUT2D eigenvalue weighted by Crippen LogP contribution is -2.28. The zero-order valence-electron chi connectivity index (χ0n) is 9.66. The van der Waals surface area contributed by atoms with Gasteiger partial charge in [0.25, 0.3) is 5.91 Å². The summed E-state index contributed by atoms with van der Waals surface area (Å²) in [4.78, 5) is 11.9. The van der Waals surface area contributed by atoms with Crippen LogP contribution in [0.2, 0.25) is 0 Å². The second-order valence-electron chi connectivity index (χ2n) is 3.86. The van der Waals surface area contributed by atoms with Crippen LogP contribution in [0.3, 0.4) is 0 Å². The number of carbonyl (C=O) groups is 1. The zero-order valence-corrected chi connectivity index (χ0v) is 9.66. The summed E-state index contributed by atoms with van der Waals surface area (Å²) >= 11 is 0. The molecular formula is C12H17N3O2. The normalized spacial score (nSPS) is 13.2. The van der Waals surface area contributed by atoms with E-state index in [2.05, 4.69) is 10.6 Å². The summed E-state index contributed by atoms with van der Waals surface area (Å²) in [6.45, 7) is 2.52. The molecule has 2 rings (SSSR count). The van der Waals surface area contributed by atoms with E-state index < -0.39 is 0 Å². The van der Waals surface area contributed by atoms with E-state index in [0.29, 0.717) is 31.0 Å². The first kappa shape index (κ1) is 11.7. The van der Waals surface area contributed by atoms with Gasteiger partial charge in [-0.2, -0.15) is 0 Å². The predicted molar refractivity (Wildman–Crippen MR) is 66.4 cm³/mol. The molecule has 1 aromatic rings. The molecule has 0 bridgehead atoms. The summed E-state index contributed by atoms with van der Waals surface area (Å²) in [6, 6.07) is 5.52. The maximum Gasteiger partial charge on any atom is 0.255 e. The van der Waals surface area contributed by atoms with E-state index in [1.54, 1.807) is 6.07 Å². The molecule has 1 aliphatic heterocycles. The maximum atomic E-state index is 11.9. The van der Waals surface area contributed by atoms with Crippen LogP contribution in [0.5, 0.6) is 5.75 Å². The van der Waals surface area contributed by atoms with Gasteiger partial charge in [0.2, 0.25) is 0 Å². The van der Waals surface area contributed by atoms with Gasteiger partial charge in [-0.1, -0.05) is 6.07 Å². The Labute approximate surface area is 100 Å². The number of hydrogen-bond acceptors (Lipinski definition) is 4. The molecule has 5 heteroatoms. The molecule has 5 nitrogen and oxygen atoms in total. The molecule has 0 radical (unpaired) electrons. The number of hydrogen-bond donors (Lipinski definition) is 3. The van der Waals surface area contributed by atoms with Crippen LogP contribution in [-0.2, 0) is 0 Å². The number of para-hydroxylation sites is 1. The fraction of sp³-hybridized carbons (Fsp3) is 0.417. The van der Waals surface area contributed by atoms with Gasteiger partial charge in [0.05, 0.1) is 11.3 Å². The summed E-state index contributed by atoms with van der Waals surface area (Å²) in [5.41, 5.74) is 6.83. The Bertz CT molecular complexity index is 407. The first-order valence-corrected chi connectivity index (χ1v) is 5.81. The van der Waals surface area contributed by atoms with Crippen molar-refractivity contribution in [1.82, 2.24) is 5.32 Å². The summed E-state index contributed by atoms with van der Waals surface area (Å²) in [5.74, 6) is 0.531. The van der Waals surface area contributed by atoms with E-state index in [1.807, 2.05) is 12.1 Å². The average Bonchev–Trinajstić information content (AvgIpc) is 2.38. The van der Waals surface area contributed by atoms with Gasteiger partial charge in [-0.15, -0.1) is 0 Å². The maximum absolute atomic E-state index is 11.9. The second kappa shape index (κ2) is 5.54. The fourth-order valence-corrected chi connectivity index (χ4v) is 1.75. The monoisotopic (exact) mass is 235 g/mol. The van der Waals surface area contributed by atoms with Crippen LogP contribution in [0.1, 0.15) is 16.8 Å². The molecular weight excluding hydrogens is 218 g/mol. The SMILES string of the molecule is NCCCNC(=O)c1cccc2c1OCCN2. The molecule has 0 aliphatic carbocycles. The molecule has 92 valence electrons. The molecule has 0 atom stereocenters. The number of amides is 1. The van der Waals surface area contributed by atoms with Crippen molar-refractivity contribution in [2.75, 3.05) is 31.6 Å². The van der Waals surface area contributed by atoms with Gasteiger partial charge in [-0.3, -0.25) is 4.79 Å². The van der Waals surface area contributed by atoms with Gasteiger partial charge in [0, 0.05) is 13.1 Å². The Balaban J connectivity index is 2.12. The van der Waals surface area contributed by atoms with Crippen molar-refractivity contribution in [1.29, 1.82) is 0 Å². The Kier molecular flexibility index (Phi) is 3.82. The topological polar surface area (TPSA) is 76.4 Å². The molecule has 1 amide bonds. The number of rotatable bonds is 4. The number of anilines is 1. The smallest absolute Gasteiger partial charge is 0.255 e. The summed E-state index contributed by atoms with van der Waals surface area (Å²) in [5, 5.41) is 6.02. The third-order valence-electron chi connectivity index (χ3n) is 2.59. The van der Waals surface area contributed by atoms with Gasteiger partial charge in [-0.05, 0) is 25.1 Å². The second-order valence-corrected chi connectivity index (χ2v) is 3.86. The number of nitrogens with two attached hydrogens (primary N) is 1. The molecule has 0 fully saturated rings. The number of fused-ring (bicyclic) bond motifs is 1. The van der Waals surface area contributed by atoms with Crippen molar-refractivity contribution < 1.29 is 9.53 Å². The van der Waals surface area contributed by atoms with Crippen molar-refractivity contribution in [3.63, 3.8) is 0 Å². The first-order valence-electron chi connectivity index (χ1n) is 5.81. The van der Waals surface area contributed by atoms with E-state index in [4.69, 9.17) is 10.5 Å². The number of ether oxygens (including phenoxy) is 1. The fourth-order valence-electron chi connectivity index (χ4n) is 1.75. The Hall–Kier alpha value is -1.75. The third kappa shape index (κ3) is 2.68. The molecule has 0 saturated carbocycles. The van der Waals surface area contributed by atoms with Crippen molar-refractivity contribution in [2.24, 2.45) is 5.73 Å². The standard InChI is InChI=1S/C12H17N3O2/c13-5-2-6-15-12(16)9-3-1-4-10-11(9)17-8-7-14-10/h1,3-4,14H,2,5-8,13H2,(H,15,16). The van der Waals surface area contributed by atoms with Gasteiger partial charge in [-0.25, -0.2) is 0 Å². The van der Waals surface area contributed by atoms with Crippen molar-refractivity contribution in [3.8, 4) is 5.75 Å². The summed E-state index contributed by atoms with van der Waals surface area (Å²) < 4.78 is 5.53. The van der Waals surface area contributed by atoms with E-state index in [-0.39, 0.29) is 5.91 Å².